The Balaban J connectivity index is 1.67. The zero-order valence-corrected chi connectivity index (χ0v) is 15.4. The molecule has 0 saturated carbocycles. The number of nitro benzene ring substituents is 1. The van der Waals surface area contributed by atoms with Crippen molar-refractivity contribution in [1.82, 2.24) is 9.80 Å². The highest BCUT2D eigenvalue weighted by atomic mass is 16.6. The van der Waals surface area contributed by atoms with Gasteiger partial charge in [0.05, 0.1) is 16.6 Å². The number of rotatable bonds is 5. The van der Waals surface area contributed by atoms with Gasteiger partial charge in [-0.15, -0.1) is 0 Å². The van der Waals surface area contributed by atoms with Crippen molar-refractivity contribution in [3.63, 3.8) is 0 Å². The van der Waals surface area contributed by atoms with Gasteiger partial charge in [0.25, 0.3) is 11.6 Å². The molecule has 142 valence electrons. The van der Waals surface area contributed by atoms with Crippen molar-refractivity contribution in [3.8, 4) is 0 Å². The van der Waals surface area contributed by atoms with Crippen molar-refractivity contribution in [2.75, 3.05) is 58.3 Å². The molecule has 8 nitrogen and oxygen atoms in total. The normalized spacial score (nSPS) is 21.0. The van der Waals surface area contributed by atoms with E-state index in [0.717, 1.165) is 39.1 Å². The first-order chi connectivity index (χ1) is 12.5. The summed E-state index contributed by atoms with van der Waals surface area (Å²) in [7, 11) is 3.66. The van der Waals surface area contributed by atoms with Gasteiger partial charge < -0.3 is 14.5 Å². The number of hydrogen-bond acceptors (Lipinski definition) is 6. The third-order valence-electron chi connectivity index (χ3n) is 5.05. The zero-order valence-electron chi connectivity index (χ0n) is 15.4. The second-order valence-corrected chi connectivity index (χ2v) is 7.08. The fraction of sp³-hybridized carbons (Fsp3) is 0.611. The Morgan fingerprint density at radius 3 is 2.62 bits per heavy atom. The molecule has 2 fully saturated rings. The summed E-state index contributed by atoms with van der Waals surface area (Å²) in [6, 6.07) is 4.46. The zero-order chi connectivity index (χ0) is 18.7. The van der Waals surface area contributed by atoms with E-state index in [2.05, 4.69) is 4.90 Å². The van der Waals surface area contributed by atoms with Crippen LogP contribution in [0.25, 0.3) is 0 Å². The topological polar surface area (TPSA) is 79.2 Å². The molecule has 1 amide bonds. The molecule has 0 aromatic heterocycles. The molecule has 0 aliphatic carbocycles. The molecule has 0 N–H and O–H groups in total. The number of anilines is 1. The van der Waals surface area contributed by atoms with Crippen LogP contribution in [0.15, 0.2) is 18.2 Å². The highest BCUT2D eigenvalue weighted by Gasteiger charge is 2.27. The largest absolute Gasteiger partial charge is 0.377 e. The van der Waals surface area contributed by atoms with Gasteiger partial charge in [0, 0.05) is 71.2 Å². The number of amides is 1. The predicted molar refractivity (Wildman–Crippen MR) is 98.7 cm³/mol. The summed E-state index contributed by atoms with van der Waals surface area (Å²) in [6.07, 6.45) is 2.55. The van der Waals surface area contributed by atoms with Gasteiger partial charge in [0.1, 0.15) is 0 Å². The maximum atomic E-state index is 13.0. The van der Waals surface area contributed by atoms with Crippen molar-refractivity contribution < 1.29 is 14.5 Å². The van der Waals surface area contributed by atoms with Gasteiger partial charge in [-0.05, 0) is 18.9 Å². The highest BCUT2D eigenvalue weighted by Crippen LogP contribution is 2.26. The van der Waals surface area contributed by atoms with E-state index in [-0.39, 0.29) is 11.6 Å². The molecule has 1 atom stereocenters. The summed E-state index contributed by atoms with van der Waals surface area (Å²) in [5.41, 5.74) is 1.02. The molecule has 1 aromatic rings. The Kier molecular flexibility index (Phi) is 5.73. The number of non-ortho nitro benzene ring substituents is 1. The number of carbonyl (C=O) groups excluding carboxylic acids is 1. The van der Waals surface area contributed by atoms with E-state index in [0.29, 0.717) is 30.4 Å². The molecule has 0 bridgehead atoms. The van der Waals surface area contributed by atoms with Gasteiger partial charge in [-0.1, -0.05) is 0 Å². The average molecular weight is 362 g/mol. The smallest absolute Gasteiger partial charge is 0.270 e. The lowest BCUT2D eigenvalue weighted by Gasteiger charge is -2.36. The minimum Gasteiger partial charge on any atom is -0.377 e. The third-order valence-corrected chi connectivity index (χ3v) is 5.05. The van der Waals surface area contributed by atoms with Crippen LogP contribution in [0.2, 0.25) is 0 Å². The lowest BCUT2D eigenvalue weighted by molar-refractivity contribution is -0.384. The van der Waals surface area contributed by atoms with Crippen molar-refractivity contribution in [3.05, 3.63) is 33.9 Å². The van der Waals surface area contributed by atoms with Crippen LogP contribution in [-0.4, -0.2) is 80.2 Å². The second kappa shape index (κ2) is 8.01. The van der Waals surface area contributed by atoms with E-state index in [1.54, 1.807) is 11.0 Å². The van der Waals surface area contributed by atoms with Crippen molar-refractivity contribution >= 4 is 17.3 Å². The van der Waals surface area contributed by atoms with Gasteiger partial charge in [-0.25, -0.2) is 0 Å². The summed E-state index contributed by atoms with van der Waals surface area (Å²) in [6.45, 7) is 4.63. The monoisotopic (exact) mass is 362 g/mol. The van der Waals surface area contributed by atoms with Crippen LogP contribution in [-0.2, 0) is 4.74 Å². The Morgan fingerprint density at radius 2 is 2.04 bits per heavy atom. The van der Waals surface area contributed by atoms with Crippen LogP contribution >= 0.6 is 0 Å². The molecule has 0 spiro atoms. The minimum absolute atomic E-state index is 0.0593. The number of piperazine rings is 1. The quantitative estimate of drug-likeness (QED) is 0.585. The van der Waals surface area contributed by atoms with Gasteiger partial charge in [0.15, 0.2) is 0 Å². The van der Waals surface area contributed by atoms with E-state index in [1.165, 1.54) is 12.1 Å². The lowest BCUT2D eigenvalue weighted by Crippen LogP contribution is -2.50. The first-order valence-electron chi connectivity index (χ1n) is 9.04. The van der Waals surface area contributed by atoms with Crippen LogP contribution < -0.4 is 4.90 Å². The summed E-state index contributed by atoms with van der Waals surface area (Å²) in [4.78, 5) is 29.5. The molecule has 8 heteroatoms. The van der Waals surface area contributed by atoms with Crippen LogP contribution in [0, 0.1) is 10.1 Å². The number of carbonyl (C=O) groups is 1. The van der Waals surface area contributed by atoms with E-state index < -0.39 is 4.92 Å². The predicted octanol–water partition coefficient (Wildman–Crippen LogP) is 1.60. The molecule has 2 saturated heterocycles. The van der Waals surface area contributed by atoms with E-state index in [1.807, 2.05) is 19.0 Å². The molecular formula is C18H26N4O4. The molecule has 0 radical (unpaired) electrons. The molecule has 1 aromatic carbocycles. The first-order valence-corrected chi connectivity index (χ1v) is 9.04. The molecular weight excluding hydrogens is 336 g/mol. The second-order valence-electron chi connectivity index (χ2n) is 7.08. The lowest BCUT2D eigenvalue weighted by atomic mass is 10.1. The molecule has 2 aliphatic rings. The fourth-order valence-electron chi connectivity index (χ4n) is 3.58. The average Bonchev–Trinajstić information content (AvgIpc) is 3.14. The Hall–Kier alpha value is -2.19. The van der Waals surface area contributed by atoms with Crippen LogP contribution in [0.4, 0.5) is 11.4 Å². The number of nitro groups is 1. The highest BCUT2D eigenvalue weighted by molar-refractivity contribution is 6.00. The van der Waals surface area contributed by atoms with Crippen molar-refractivity contribution in [2.24, 2.45) is 0 Å². The fourth-order valence-corrected chi connectivity index (χ4v) is 3.58. The minimum atomic E-state index is -0.463. The van der Waals surface area contributed by atoms with Crippen LogP contribution in [0.5, 0.6) is 0 Å². The summed E-state index contributed by atoms with van der Waals surface area (Å²) in [5, 5.41) is 11.1. The van der Waals surface area contributed by atoms with Gasteiger partial charge >= 0.3 is 0 Å². The first kappa shape index (κ1) is 18.6. The van der Waals surface area contributed by atoms with E-state index >= 15 is 0 Å². The summed E-state index contributed by atoms with van der Waals surface area (Å²) < 4.78 is 5.69. The third kappa shape index (κ3) is 4.13. The van der Waals surface area contributed by atoms with Gasteiger partial charge in [-0.3, -0.25) is 19.8 Å². The maximum Gasteiger partial charge on any atom is 0.270 e. The number of hydrogen-bond donors (Lipinski definition) is 0. The Morgan fingerprint density at radius 1 is 1.31 bits per heavy atom. The molecule has 3 rings (SSSR count). The summed E-state index contributed by atoms with van der Waals surface area (Å²) >= 11 is 0. The van der Waals surface area contributed by atoms with Crippen LogP contribution in [0.1, 0.15) is 23.2 Å². The number of nitrogens with zero attached hydrogens (tertiary/aromatic N) is 4. The maximum absolute atomic E-state index is 13.0. The molecule has 26 heavy (non-hydrogen) atoms. The SMILES string of the molecule is CN(C)c1ccc([N+](=O)[O-])cc1C(=O)N1CCN(CC2CCCO2)CC1. The van der Waals surface area contributed by atoms with Crippen LogP contribution in [0.3, 0.4) is 0 Å². The standard InChI is InChI=1S/C18H26N4O4/c1-19(2)17-6-5-14(22(24)25)12-16(17)18(23)21-9-7-20(8-10-21)13-15-4-3-11-26-15/h5-6,12,15H,3-4,7-11,13H2,1-2H3. The summed E-state index contributed by atoms with van der Waals surface area (Å²) in [5.74, 6) is -0.144. The van der Waals surface area contributed by atoms with Crippen molar-refractivity contribution in [1.29, 1.82) is 0 Å². The molecule has 2 heterocycles. The molecule has 2 aliphatic heterocycles. The molecule has 1 unspecified atom stereocenters. The van der Waals surface area contributed by atoms with Gasteiger partial charge in [0.2, 0.25) is 0 Å². The Labute approximate surface area is 153 Å². The van der Waals surface area contributed by atoms with Crippen molar-refractivity contribution in [2.45, 2.75) is 18.9 Å². The van der Waals surface area contributed by atoms with E-state index in [4.69, 9.17) is 4.74 Å². The van der Waals surface area contributed by atoms with Gasteiger partial charge in [-0.2, -0.15) is 0 Å². The van der Waals surface area contributed by atoms with E-state index in [9.17, 15) is 14.9 Å². The number of benzene rings is 1. The number of ether oxygens (including phenoxy) is 1. The Bertz CT molecular complexity index is 665.